The fraction of sp³-hybridized carbons (Fsp3) is 0.949. The number of carbonyl (C=O) groups is 4. The van der Waals surface area contributed by atoms with Crippen molar-refractivity contribution in [2.45, 2.75) is 432 Å². The highest BCUT2D eigenvalue weighted by molar-refractivity contribution is 7.47. The third-order valence-corrected chi connectivity index (χ3v) is 20.2. The van der Waals surface area contributed by atoms with Crippen LogP contribution in [0.25, 0.3) is 0 Å². The summed E-state index contributed by atoms with van der Waals surface area (Å²) >= 11 is 0. The summed E-state index contributed by atoms with van der Waals surface area (Å²) in [5.74, 6) is -1.31. The first-order valence-electron chi connectivity index (χ1n) is 40.6. The molecule has 17 nitrogen and oxygen atoms in total. The molecule has 0 aliphatic carbocycles. The summed E-state index contributed by atoms with van der Waals surface area (Å²) in [5.41, 5.74) is 0. The van der Waals surface area contributed by atoms with Gasteiger partial charge in [0.2, 0.25) is 0 Å². The maximum atomic E-state index is 13.1. The number of phosphoric ester groups is 2. The third-order valence-electron chi connectivity index (χ3n) is 18.3. The van der Waals surface area contributed by atoms with Crippen molar-refractivity contribution in [1.29, 1.82) is 0 Å². The van der Waals surface area contributed by atoms with Gasteiger partial charge < -0.3 is 33.8 Å². The van der Waals surface area contributed by atoms with Gasteiger partial charge in [0.15, 0.2) is 12.2 Å². The van der Waals surface area contributed by atoms with E-state index in [4.69, 9.17) is 37.0 Å². The molecule has 0 heterocycles. The van der Waals surface area contributed by atoms with Gasteiger partial charge in [0.05, 0.1) is 26.4 Å². The number of aliphatic hydroxyl groups excluding tert-OH is 1. The Bertz CT molecular complexity index is 1860. The molecule has 0 rings (SSSR count). The minimum Gasteiger partial charge on any atom is -0.462 e. The largest absolute Gasteiger partial charge is 0.472 e. The van der Waals surface area contributed by atoms with Gasteiger partial charge in [-0.3, -0.25) is 37.3 Å². The predicted octanol–water partition coefficient (Wildman–Crippen LogP) is 23.3. The Labute approximate surface area is 594 Å². The number of rotatable bonds is 78. The quantitative estimate of drug-likeness (QED) is 0.0222. The summed E-state index contributed by atoms with van der Waals surface area (Å²) in [4.78, 5) is 72.8. The summed E-state index contributed by atoms with van der Waals surface area (Å²) in [6.45, 7) is 7.31. The van der Waals surface area contributed by atoms with Gasteiger partial charge in [0.1, 0.15) is 19.3 Å². The fourth-order valence-corrected chi connectivity index (χ4v) is 13.6. The summed E-state index contributed by atoms with van der Waals surface area (Å²) in [7, 11) is -9.91. The van der Waals surface area contributed by atoms with Gasteiger partial charge in [-0.2, -0.15) is 0 Å². The SMILES string of the molecule is CCCCCCCCCCCCCCCCCCCCCC(=O)O[C@H](COC(=O)CCCCCCCCCCCCCCCCC(C)C)COP(=O)(O)OC[C@@H](O)COP(=O)(O)OC[C@@H](COC(=O)CCCCCCCCCC)OC(=O)CCCCCCCCCCCCCCC. The van der Waals surface area contributed by atoms with E-state index in [-0.39, 0.29) is 25.7 Å². The van der Waals surface area contributed by atoms with Crippen molar-refractivity contribution in [2.75, 3.05) is 39.6 Å². The van der Waals surface area contributed by atoms with E-state index < -0.39 is 97.5 Å². The monoisotopic (exact) mass is 1420 g/mol. The van der Waals surface area contributed by atoms with Gasteiger partial charge >= 0.3 is 39.5 Å². The second kappa shape index (κ2) is 71.1. The van der Waals surface area contributed by atoms with Crippen LogP contribution in [0.4, 0.5) is 0 Å². The zero-order valence-corrected chi connectivity index (χ0v) is 65.0. The summed E-state index contributed by atoms with van der Waals surface area (Å²) < 4.78 is 68.5. The lowest BCUT2D eigenvalue weighted by atomic mass is 10.0. The number of unbranched alkanes of at least 4 members (excludes halogenated alkanes) is 50. The van der Waals surface area contributed by atoms with Crippen LogP contribution in [0.1, 0.15) is 413 Å². The highest BCUT2D eigenvalue weighted by Gasteiger charge is 2.30. The normalized spacial score (nSPS) is 13.9. The Morgan fingerprint density at radius 3 is 0.701 bits per heavy atom. The summed E-state index contributed by atoms with van der Waals surface area (Å²) in [5, 5.41) is 10.6. The summed E-state index contributed by atoms with van der Waals surface area (Å²) in [6.07, 6.45) is 61.1. The number of carbonyl (C=O) groups excluding carboxylic acids is 4. The van der Waals surface area contributed by atoms with Crippen LogP contribution in [0.3, 0.4) is 0 Å². The number of hydrogen-bond donors (Lipinski definition) is 3. The Morgan fingerprint density at radius 1 is 0.278 bits per heavy atom. The zero-order valence-electron chi connectivity index (χ0n) is 63.2. The number of phosphoric acid groups is 2. The molecule has 0 aromatic heterocycles. The smallest absolute Gasteiger partial charge is 0.462 e. The van der Waals surface area contributed by atoms with Gasteiger partial charge in [-0.05, 0) is 31.6 Å². The van der Waals surface area contributed by atoms with Gasteiger partial charge in [-0.25, -0.2) is 9.13 Å². The lowest BCUT2D eigenvalue weighted by Crippen LogP contribution is -2.30. The van der Waals surface area contributed by atoms with E-state index in [1.165, 1.54) is 231 Å². The standard InChI is InChI=1S/C78H152O17P2/c1-6-9-12-15-18-21-23-25-26-27-28-29-30-36-40-44-49-54-59-64-78(83)95-74(68-89-76(81)62-57-52-47-42-38-35-32-31-34-37-41-45-50-55-60-71(4)5)70-93-97(86,87)91-66-72(79)65-90-96(84,85)92-69-73(67-88-75(80)61-56-51-46-20-17-14-11-8-3)94-77(82)63-58-53-48-43-39-33-24-22-19-16-13-10-7-2/h71-74,79H,6-70H2,1-5H3,(H,84,85)(H,86,87)/t72-,73+,74+/m0/s1. The molecule has 19 heteroatoms. The van der Waals surface area contributed by atoms with Crippen LogP contribution in [0, 0.1) is 5.92 Å². The third kappa shape index (κ3) is 72.2. The minimum absolute atomic E-state index is 0.108. The number of esters is 4. The van der Waals surface area contributed by atoms with Crippen LogP contribution in [0.15, 0.2) is 0 Å². The molecule has 0 saturated carbocycles. The van der Waals surface area contributed by atoms with Gasteiger partial charge in [0.25, 0.3) is 0 Å². The fourth-order valence-electron chi connectivity index (χ4n) is 12.1. The number of hydrogen-bond acceptors (Lipinski definition) is 15. The predicted molar refractivity (Wildman–Crippen MR) is 395 cm³/mol. The van der Waals surface area contributed by atoms with Crippen molar-refractivity contribution >= 4 is 39.5 Å². The highest BCUT2D eigenvalue weighted by Crippen LogP contribution is 2.45. The first-order chi connectivity index (χ1) is 47.0. The lowest BCUT2D eigenvalue weighted by molar-refractivity contribution is -0.161. The van der Waals surface area contributed by atoms with Crippen LogP contribution in [0.5, 0.6) is 0 Å². The van der Waals surface area contributed by atoms with Crippen molar-refractivity contribution in [1.82, 2.24) is 0 Å². The molecule has 0 amide bonds. The molecule has 3 N–H and O–H groups in total. The van der Waals surface area contributed by atoms with Crippen molar-refractivity contribution in [3.8, 4) is 0 Å². The Hall–Kier alpha value is -1.94. The van der Waals surface area contributed by atoms with Crippen LogP contribution in [0.2, 0.25) is 0 Å². The maximum Gasteiger partial charge on any atom is 0.472 e. The van der Waals surface area contributed by atoms with Crippen LogP contribution in [-0.2, 0) is 65.4 Å². The van der Waals surface area contributed by atoms with E-state index in [0.717, 1.165) is 102 Å². The van der Waals surface area contributed by atoms with Gasteiger partial charge in [-0.1, -0.05) is 362 Å². The molecule has 576 valence electrons. The average molecular weight is 1420 g/mol. The topological polar surface area (TPSA) is 237 Å². The van der Waals surface area contributed by atoms with E-state index in [1.807, 2.05) is 0 Å². The Kier molecular flexibility index (Phi) is 69.6. The molecule has 0 spiro atoms. The van der Waals surface area contributed by atoms with Gasteiger partial charge in [0, 0.05) is 25.7 Å². The second-order valence-corrected chi connectivity index (χ2v) is 31.5. The average Bonchev–Trinajstić information content (AvgIpc) is 1.12. The molecular weight excluding hydrogens is 1270 g/mol. The number of aliphatic hydroxyl groups is 1. The van der Waals surface area contributed by atoms with Crippen molar-refractivity contribution < 1.29 is 80.2 Å². The van der Waals surface area contributed by atoms with E-state index in [0.29, 0.717) is 25.7 Å². The minimum atomic E-state index is -4.96. The van der Waals surface area contributed by atoms with Crippen LogP contribution in [-0.4, -0.2) is 96.7 Å². The van der Waals surface area contributed by atoms with Crippen molar-refractivity contribution in [3.05, 3.63) is 0 Å². The molecule has 0 bridgehead atoms. The lowest BCUT2D eigenvalue weighted by Gasteiger charge is -2.21. The first-order valence-corrected chi connectivity index (χ1v) is 43.6. The molecule has 0 fully saturated rings. The molecule has 0 saturated heterocycles. The molecule has 97 heavy (non-hydrogen) atoms. The molecule has 0 radical (unpaired) electrons. The van der Waals surface area contributed by atoms with Crippen molar-refractivity contribution in [2.24, 2.45) is 5.92 Å². The van der Waals surface area contributed by atoms with E-state index in [9.17, 15) is 43.2 Å². The van der Waals surface area contributed by atoms with Crippen molar-refractivity contribution in [3.63, 3.8) is 0 Å². The summed E-state index contributed by atoms with van der Waals surface area (Å²) in [6, 6.07) is 0. The Balaban J connectivity index is 5.20. The number of ether oxygens (including phenoxy) is 4. The van der Waals surface area contributed by atoms with Crippen LogP contribution < -0.4 is 0 Å². The Morgan fingerprint density at radius 2 is 0.474 bits per heavy atom. The van der Waals surface area contributed by atoms with E-state index in [1.54, 1.807) is 0 Å². The second-order valence-electron chi connectivity index (χ2n) is 28.6. The molecule has 0 aromatic carbocycles. The van der Waals surface area contributed by atoms with Gasteiger partial charge in [-0.15, -0.1) is 0 Å². The maximum absolute atomic E-state index is 13.1. The van der Waals surface area contributed by atoms with E-state index >= 15 is 0 Å². The molecule has 0 aliphatic heterocycles. The highest BCUT2D eigenvalue weighted by atomic mass is 31.2. The molecule has 0 aliphatic rings. The van der Waals surface area contributed by atoms with Crippen LogP contribution >= 0.6 is 15.6 Å². The molecule has 0 aromatic rings. The molecular formula is C78H152O17P2. The van der Waals surface area contributed by atoms with E-state index in [2.05, 4.69) is 34.6 Å². The first kappa shape index (κ1) is 95.1. The molecule has 2 unspecified atom stereocenters. The zero-order chi connectivity index (χ0) is 71.2. The molecule has 5 atom stereocenters.